The van der Waals surface area contributed by atoms with Crippen molar-refractivity contribution < 1.29 is 4.74 Å². The minimum atomic E-state index is 0. The van der Waals surface area contributed by atoms with Crippen LogP contribution < -0.4 is 15.4 Å². The summed E-state index contributed by atoms with van der Waals surface area (Å²) in [6.45, 7) is 4.43. The summed E-state index contributed by atoms with van der Waals surface area (Å²) in [5.41, 5.74) is 3.30. The second kappa shape index (κ2) is 11.5. The van der Waals surface area contributed by atoms with Crippen molar-refractivity contribution in [1.29, 1.82) is 0 Å². The lowest BCUT2D eigenvalue weighted by Crippen LogP contribution is -2.38. The monoisotopic (exact) mass is 493 g/mol. The number of halogens is 1. The van der Waals surface area contributed by atoms with Crippen molar-refractivity contribution in [2.45, 2.75) is 19.8 Å². The predicted octanol–water partition coefficient (Wildman–Crippen LogP) is 3.30. The van der Waals surface area contributed by atoms with Crippen molar-refractivity contribution in [3.8, 4) is 5.75 Å². The fourth-order valence-electron chi connectivity index (χ4n) is 2.85. The molecule has 0 radical (unpaired) electrons. The zero-order valence-electron chi connectivity index (χ0n) is 16.4. The van der Waals surface area contributed by atoms with Crippen LogP contribution in [-0.4, -0.2) is 42.1 Å². The number of methoxy groups -OCH3 is 1. The number of hydrogen-bond donors (Lipinski definition) is 2. The topological polar surface area (TPSA) is 63.0 Å². The summed E-state index contributed by atoms with van der Waals surface area (Å²) in [6.07, 6.45) is 5.83. The molecule has 0 fully saturated rings. The van der Waals surface area contributed by atoms with Gasteiger partial charge in [-0.1, -0.05) is 18.2 Å². The molecule has 0 atom stereocenters. The molecule has 2 heterocycles. The number of aromatic nitrogens is 2. The summed E-state index contributed by atoms with van der Waals surface area (Å²) >= 11 is 0. The molecular weight excluding hydrogens is 465 g/mol. The SMILES string of the molecule is CCNC(=NCCc1cn2ccccc2n1)NCCc1ccc(OC)cc1.I. The Bertz CT molecular complexity index is 843. The van der Waals surface area contributed by atoms with Crippen LogP contribution in [0.4, 0.5) is 0 Å². The molecular formula is C21H28IN5O. The number of fused-ring (bicyclic) bond motifs is 1. The van der Waals surface area contributed by atoms with Crippen molar-refractivity contribution >= 4 is 35.6 Å². The van der Waals surface area contributed by atoms with E-state index in [1.165, 1.54) is 5.56 Å². The Labute approximate surface area is 183 Å². The highest BCUT2D eigenvalue weighted by Crippen LogP contribution is 2.11. The molecule has 150 valence electrons. The molecule has 0 aliphatic heterocycles. The summed E-state index contributed by atoms with van der Waals surface area (Å²) in [6, 6.07) is 14.2. The van der Waals surface area contributed by atoms with Gasteiger partial charge in [-0.3, -0.25) is 4.99 Å². The number of imidazole rings is 1. The lowest BCUT2D eigenvalue weighted by atomic mass is 10.1. The first-order valence-corrected chi connectivity index (χ1v) is 9.36. The normalized spacial score (nSPS) is 11.1. The average Bonchev–Trinajstić information content (AvgIpc) is 3.11. The minimum absolute atomic E-state index is 0. The van der Waals surface area contributed by atoms with E-state index in [0.717, 1.165) is 49.0 Å². The number of guanidine groups is 1. The Hall–Kier alpha value is -2.29. The second-order valence-corrected chi connectivity index (χ2v) is 6.23. The zero-order valence-corrected chi connectivity index (χ0v) is 18.7. The van der Waals surface area contributed by atoms with Gasteiger partial charge < -0.3 is 19.8 Å². The van der Waals surface area contributed by atoms with Gasteiger partial charge in [0.05, 0.1) is 12.8 Å². The Kier molecular flexibility index (Phi) is 9.06. The number of nitrogens with zero attached hydrogens (tertiary/aromatic N) is 3. The maximum Gasteiger partial charge on any atom is 0.191 e. The standard InChI is InChI=1S/C21H27N5O.HI/c1-3-22-21(23-13-11-17-7-9-19(27-2)10-8-17)24-14-12-18-16-26-15-5-4-6-20(26)25-18;/h4-10,15-16H,3,11-14H2,1-2H3,(H2,22,23,24);1H. The number of hydrogen-bond acceptors (Lipinski definition) is 3. The van der Waals surface area contributed by atoms with Gasteiger partial charge >= 0.3 is 0 Å². The summed E-state index contributed by atoms with van der Waals surface area (Å²) in [7, 11) is 1.68. The van der Waals surface area contributed by atoms with Gasteiger partial charge in [0.25, 0.3) is 0 Å². The molecule has 0 amide bonds. The lowest BCUT2D eigenvalue weighted by Gasteiger charge is -2.11. The maximum atomic E-state index is 5.19. The first kappa shape index (κ1) is 22.0. The number of aliphatic imine (C=N–C) groups is 1. The van der Waals surface area contributed by atoms with Crippen LogP contribution >= 0.6 is 24.0 Å². The molecule has 28 heavy (non-hydrogen) atoms. The summed E-state index contributed by atoms with van der Waals surface area (Å²) in [5, 5.41) is 6.69. The summed E-state index contributed by atoms with van der Waals surface area (Å²) < 4.78 is 7.23. The number of nitrogens with one attached hydrogen (secondary N) is 2. The molecule has 3 aromatic rings. The van der Waals surface area contributed by atoms with Crippen LogP contribution in [0.25, 0.3) is 5.65 Å². The van der Waals surface area contributed by atoms with Gasteiger partial charge in [-0.05, 0) is 43.2 Å². The van der Waals surface area contributed by atoms with E-state index in [2.05, 4.69) is 45.9 Å². The second-order valence-electron chi connectivity index (χ2n) is 6.23. The van der Waals surface area contributed by atoms with Gasteiger partial charge in [0.15, 0.2) is 5.96 Å². The van der Waals surface area contributed by atoms with Crippen LogP contribution in [0.3, 0.4) is 0 Å². The molecule has 6 nitrogen and oxygen atoms in total. The third kappa shape index (κ3) is 6.40. The largest absolute Gasteiger partial charge is 0.497 e. The quantitative estimate of drug-likeness (QED) is 0.287. The average molecular weight is 493 g/mol. The Morgan fingerprint density at radius 2 is 1.93 bits per heavy atom. The molecule has 0 saturated carbocycles. The van der Waals surface area contributed by atoms with Crippen LogP contribution in [0.2, 0.25) is 0 Å². The fourth-order valence-corrected chi connectivity index (χ4v) is 2.85. The van der Waals surface area contributed by atoms with Crippen LogP contribution in [0.5, 0.6) is 5.75 Å². The highest BCUT2D eigenvalue weighted by Gasteiger charge is 2.02. The summed E-state index contributed by atoms with van der Waals surface area (Å²) in [4.78, 5) is 9.28. The van der Waals surface area contributed by atoms with E-state index < -0.39 is 0 Å². The highest BCUT2D eigenvalue weighted by atomic mass is 127. The first-order valence-electron chi connectivity index (χ1n) is 9.36. The molecule has 0 aliphatic rings. The van der Waals surface area contributed by atoms with Crippen LogP contribution in [0.15, 0.2) is 59.9 Å². The van der Waals surface area contributed by atoms with Gasteiger partial charge in [0, 0.05) is 38.4 Å². The van der Waals surface area contributed by atoms with Crippen molar-refractivity contribution in [2.24, 2.45) is 4.99 Å². The molecule has 0 unspecified atom stereocenters. The molecule has 0 spiro atoms. The lowest BCUT2D eigenvalue weighted by molar-refractivity contribution is 0.414. The Morgan fingerprint density at radius 1 is 1.11 bits per heavy atom. The first-order chi connectivity index (χ1) is 13.3. The fraction of sp³-hybridized carbons (Fsp3) is 0.333. The van der Waals surface area contributed by atoms with Crippen molar-refractivity contribution in [2.75, 3.05) is 26.7 Å². The molecule has 2 N–H and O–H groups in total. The highest BCUT2D eigenvalue weighted by molar-refractivity contribution is 14.0. The number of benzene rings is 1. The molecule has 1 aromatic carbocycles. The molecule has 0 bridgehead atoms. The van der Waals surface area contributed by atoms with Gasteiger partial charge in [-0.2, -0.15) is 0 Å². The number of rotatable bonds is 8. The van der Waals surface area contributed by atoms with E-state index in [0.29, 0.717) is 6.54 Å². The minimum Gasteiger partial charge on any atom is -0.497 e. The Morgan fingerprint density at radius 3 is 2.64 bits per heavy atom. The van der Waals surface area contributed by atoms with Crippen LogP contribution in [0, 0.1) is 0 Å². The molecule has 3 rings (SSSR count). The third-order valence-corrected chi connectivity index (χ3v) is 4.26. The Balaban J connectivity index is 0.00000280. The summed E-state index contributed by atoms with van der Waals surface area (Å²) in [5.74, 6) is 1.73. The smallest absolute Gasteiger partial charge is 0.191 e. The molecule has 7 heteroatoms. The van der Waals surface area contributed by atoms with E-state index in [-0.39, 0.29) is 24.0 Å². The van der Waals surface area contributed by atoms with Crippen LogP contribution in [-0.2, 0) is 12.8 Å². The van der Waals surface area contributed by atoms with Gasteiger partial charge in [0.2, 0.25) is 0 Å². The predicted molar refractivity (Wildman–Crippen MR) is 125 cm³/mol. The van der Waals surface area contributed by atoms with E-state index >= 15 is 0 Å². The number of pyridine rings is 1. The van der Waals surface area contributed by atoms with E-state index in [9.17, 15) is 0 Å². The maximum absolute atomic E-state index is 5.19. The molecule has 2 aromatic heterocycles. The van der Waals surface area contributed by atoms with Crippen molar-refractivity contribution in [1.82, 2.24) is 20.0 Å². The van der Waals surface area contributed by atoms with Crippen LogP contribution in [0.1, 0.15) is 18.2 Å². The van der Waals surface area contributed by atoms with E-state index in [4.69, 9.17) is 4.74 Å². The number of ether oxygens (including phenoxy) is 1. The van der Waals surface area contributed by atoms with E-state index in [1.807, 2.05) is 40.9 Å². The van der Waals surface area contributed by atoms with Gasteiger partial charge in [0.1, 0.15) is 11.4 Å². The molecule has 0 aliphatic carbocycles. The third-order valence-electron chi connectivity index (χ3n) is 4.26. The molecule has 0 saturated heterocycles. The van der Waals surface area contributed by atoms with Gasteiger partial charge in [-0.25, -0.2) is 4.98 Å². The van der Waals surface area contributed by atoms with Crippen molar-refractivity contribution in [3.63, 3.8) is 0 Å². The van der Waals surface area contributed by atoms with Gasteiger partial charge in [-0.15, -0.1) is 24.0 Å². The van der Waals surface area contributed by atoms with E-state index in [1.54, 1.807) is 7.11 Å². The zero-order chi connectivity index (χ0) is 18.9. The van der Waals surface area contributed by atoms with Crippen molar-refractivity contribution in [3.05, 3.63) is 66.1 Å².